The molecule has 1 atom stereocenters. The van der Waals surface area contributed by atoms with Gasteiger partial charge in [-0.25, -0.2) is 9.78 Å². The maximum Gasteiger partial charge on any atom is 0.410 e. The van der Waals surface area contributed by atoms with Crippen molar-refractivity contribution in [1.29, 1.82) is 0 Å². The van der Waals surface area contributed by atoms with Crippen LogP contribution >= 0.6 is 23.2 Å². The number of benzene rings is 2. The highest BCUT2D eigenvalue weighted by Crippen LogP contribution is 2.29. The molecule has 33 heavy (non-hydrogen) atoms. The number of fused-ring (bicyclic) bond motifs is 1. The minimum Gasteiger partial charge on any atom is -0.444 e. The highest BCUT2D eigenvalue weighted by molar-refractivity contribution is 6.42. The molecule has 6 nitrogen and oxygen atoms in total. The average Bonchev–Trinajstić information content (AvgIpc) is 3.13. The van der Waals surface area contributed by atoms with E-state index in [-0.39, 0.29) is 12.1 Å². The van der Waals surface area contributed by atoms with Crippen LogP contribution in [0.25, 0.3) is 11.0 Å². The number of rotatable bonds is 4. The van der Waals surface area contributed by atoms with Crippen LogP contribution in [0.1, 0.15) is 39.2 Å². The van der Waals surface area contributed by atoms with Gasteiger partial charge in [0.25, 0.3) is 0 Å². The summed E-state index contributed by atoms with van der Waals surface area (Å²) in [7, 11) is 2.05. The summed E-state index contributed by atoms with van der Waals surface area (Å²) in [5, 5.41) is 1.08. The lowest BCUT2D eigenvalue weighted by molar-refractivity contribution is 0.0199. The second-order valence-corrected chi connectivity index (χ2v) is 10.4. The number of likely N-dealkylation sites (tertiary alicyclic amines) is 1. The minimum atomic E-state index is -0.510. The lowest BCUT2D eigenvalue weighted by Crippen LogP contribution is -2.50. The van der Waals surface area contributed by atoms with Gasteiger partial charge in [0.1, 0.15) is 5.60 Å². The van der Waals surface area contributed by atoms with E-state index in [1.54, 1.807) is 0 Å². The smallest absolute Gasteiger partial charge is 0.410 e. The van der Waals surface area contributed by atoms with Crippen LogP contribution in [0, 0.1) is 0 Å². The molecule has 2 aromatic carbocycles. The zero-order valence-electron chi connectivity index (χ0n) is 19.5. The number of ether oxygens (including phenoxy) is 1. The summed E-state index contributed by atoms with van der Waals surface area (Å²) in [6.07, 6.45) is 1.64. The number of amides is 1. The first-order valence-electron chi connectivity index (χ1n) is 11.2. The van der Waals surface area contributed by atoms with E-state index in [4.69, 9.17) is 32.9 Å². The van der Waals surface area contributed by atoms with E-state index >= 15 is 0 Å². The maximum atomic E-state index is 12.7. The van der Waals surface area contributed by atoms with Crippen molar-refractivity contribution in [2.45, 2.75) is 51.8 Å². The third-order valence-corrected chi connectivity index (χ3v) is 6.61. The number of anilines is 1. The van der Waals surface area contributed by atoms with Crippen LogP contribution < -0.4 is 4.90 Å². The monoisotopic (exact) mass is 488 g/mol. The fourth-order valence-corrected chi connectivity index (χ4v) is 4.56. The molecule has 1 saturated heterocycles. The summed E-state index contributed by atoms with van der Waals surface area (Å²) in [5.41, 5.74) is 2.51. The van der Waals surface area contributed by atoms with Gasteiger partial charge in [-0.05, 0) is 63.4 Å². The number of carbonyl (C=O) groups excluding carboxylic acids is 1. The molecule has 0 unspecified atom stereocenters. The minimum absolute atomic E-state index is 0.135. The normalized spacial score (nSPS) is 16.8. The van der Waals surface area contributed by atoms with Crippen LogP contribution in [0.2, 0.25) is 10.0 Å². The molecule has 1 fully saturated rings. The fraction of sp³-hybridized carbons (Fsp3) is 0.440. The molecule has 1 aliphatic rings. The number of hydrogen-bond acceptors (Lipinski definition) is 4. The van der Waals surface area contributed by atoms with Gasteiger partial charge in [0.05, 0.1) is 27.6 Å². The summed E-state index contributed by atoms with van der Waals surface area (Å²) in [4.78, 5) is 21.6. The van der Waals surface area contributed by atoms with E-state index in [1.165, 1.54) is 0 Å². The van der Waals surface area contributed by atoms with Crippen molar-refractivity contribution in [3.8, 4) is 0 Å². The van der Waals surface area contributed by atoms with E-state index in [0.717, 1.165) is 35.4 Å². The number of carbonyl (C=O) groups is 1. The number of imidazole rings is 1. The first-order valence-corrected chi connectivity index (χ1v) is 12.0. The van der Waals surface area contributed by atoms with Gasteiger partial charge in [-0.15, -0.1) is 0 Å². The molecular weight excluding hydrogens is 459 g/mol. The van der Waals surface area contributed by atoms with Gasteiger partial charge in [0, 0.05) is 26.2 Å². The quantitative estimate of drug-likeness (QED) is 0.436. The van der Waals surface area contributed by atoms with E-state index < -0.39 is 5.60 Å². The van der Waals surface area contributed by atoms with E-state index in [9.17, 15) is 4.79 Å². The number of aromatic nitrogens is 2. The van der Waals surface area contributed by atoms with Gasteiger partial charge in [0.15, 0.2) is 0 Å². The first-order chi connectivity index (χ1) is 15.6. The van der Waals surface area contributed by atoms with Gasteiger partial charge in [-0.1, -0.05) is 41.4 Å². The Labute approximate surface area is 205 Å². The summed E-state index contributed by atoms with van der Waals surface area (Å²) in [6.45, 7) is 7.59. The predicted molar refractivity (Wildman–Crippen MR) is 135 cm³/mol. The standard InChI is InChI=1S/C25H30Cl2N4O2/c1-25(2,3)33-24(32)30-13-7-8-18(16-30)29(4)23-28-21-9-5-6-10-22(21)31(23)15-17-11-12-19(26)20(27)14-17/h5-6,9-12,14,18H,7-8,13,15-16H2,1-4H3/t18-/m1/s1. The Balaban J connectivity index is 1.62. The van der Waals surface area contributed by atoms with Crippen LogP contribution in [-0.4, -0.2) is 52.3 Å². The van der Waals surface area contributed by atoms with Gasteiger partial charge in [-0.3, -0.25) is 0 Å². The Morgan fingerprint density at radius 3 is 2.67 bits per heavy atom. The number of nitrogens with zero attached hydrogens (tertiary/aromatic N) is 4. The van der Waals surface area contributed by atoms with Gasteiger partial charge < -0.3 is 19.1 Å². The third kappa shape index (κ3) is 5.39. The molecule has 0 spiro atoms. The molecule has 2 heterocycles. The molecule has 0 radical (unpaired) electrons. The van der Waals surface area contributed by atoms with Crippen molar-refractivity contribution >= 4 is 46.3 Å². The highest BCUT2D eigenvalue weighted by atomic mass is 35.5. The van der Waals surface area contributed by atoms with Crippen LogP contribution in [0.4, 0.5) is 10.7 Å². The van der Waals surface area contributed by atoms with Crippen molar-refractivity contribution in [1.82, 2.24) is 14.5 Å². The van der Waals surface area contributed by atoms with Crippen molar-refractivity contribution in [3.63, 3.8) is 0 Å². The molecule has 1 aliphatic heterocycles. The zero-order chi connectivity index (χ0) is 23.8. The lowest BCUT2D eigenvalue weighted by atomic mass is 10.1. The number of halogens is 2. The predicted octanol–water partition coefficient (Wildman–Crippen LogP) is 6.23. The van der Waals surface area contributed by atoms with Crippen LogP contribution in [0.5, 0.6) is 0 Å². The van der Waals surface area contributed by atoms with Crippen molar-refractivity contribution in [3.05, 3.63) is 58.1 Å². The van der Waals surface area contributed by atoms with Gasteiger partial charge in [-0.2, -0.15) is 0 Å². The number of likely N-dealkylation sites (N-methyl/N-ethyl adjacent to an activating group) is 1. The van der Waals surface area contributed by atoms with Crippen LogP contribution in [-0.2, 0) is 11.3 Å². The summed E-state index contributed by atoms with van der Waals surface area (Å²) in [6, 6.07) is 13.9. The molecule has 1 amide bonds. The van der Waals surface area contributed by atoms with Crippen LogP contribution in [0.3, 0.4) is 0 Å². The largest absolute Gasteiger partial charge is 0.444 e. The molecule has 1 aromatic heterocycles. The van der Waals surface area contributed by atoms with E-state index in [2.05, 4.69) is 22.6 Å². The number of hydrogen-bond donors (Lipinski definition) is 0. The first kappa shape index (κ1) is 23.7. The molecule has 0 N–H and O–H groups in total. The highest BCUT2D eigenvalue weighted by Gasteiger charge is 2.31. The van der Waals surface area contributed by atoms with Crippen molar-refractivity contribution in [2.75, 3.05) is 25.0 Å². The van der Waals surface area contributed by atoms with Gasteiger partial charge >= 0.3 is 6.09 Å². The second kappa shape index (κ2) is 9.43. The molecule has 0 aliphatic carbocycles. The SMILES string of the molecule is CN(c1nc2ccccc2n1Cc1ccc(Cl)c(Cl)c1)[C@@H]1CCCN(C(=O)OC(C)(C)C)C1. The number of piperidine rings is 1. The zero-order valence-corrected chi connectivity index (χ0v) is 21.0. The summed E-state index contributed by atoms with van der Waals surface area (Å²) >= 11 is 12.4. The van der Waals surface area contributed by atoms with Crippen molar-refractivity contribution in [2.24, 2.45) is 0 Å². The Morgan fingerprint density at radius 2 is 1.94 bits per heavy atom. The molecule has 3 aromatic rings. The molecule has 0 saturated carbocycles. The molecular formula is C25H30Cl2N4O2. The third-order valence-electron chi connectivity index (χ3n) is 5.87. The Hall–Kier alpha value is -2.44. The Bertz CT molecular complexity index is 1160. The number of para-hydroxylation sites is 2. The molecule has 4 rings (SSSR count). The Morgan fingerprint density at radius 1 is 1.18 bits per heavy atom. The molecule has 0 bridgehead atoms. The van der Waals surface area contributed by atoms with Crippen molar-refractivity contribution < 1.29 is 9.53 Å². The maximum absolute atomic E-state index is 12.7. The van der Waals surface area contributed by atoms with Crippen LogP contribution in [0.15, 0.2) is 42.5 Å². The van der Waals surface area contributed by atoms with E-state index in [0.29, 0.717) is 29.7 Å². The average molecular weight is 489 g/mol. The topological polar surface area (TPSA) is 50.6 Å². The van der Waals surface area contributed by atoms with E-state index in [1.807, 2.05) is 62.1 Å². The second-order valence-electron chi connectivity index (χ2n) is 9.57. The Kier molecular flexibility index (Phi) is 6.78. The molecule has 8 heteroatoms. The lowest BCUT2D eigenvalue weighted by Gasteiger charge is -2.38. The molecule has 176 valence electrons. The summed E-state index contributed by atoms with van der Waals surface area (Å²) in [5.74, 6) is 0.860. The summed E-state index contributed by atoms with van der Waals surface area (Å²) < 4.78 is 7.80. The fourth-order valence-electron chi connectivity index (χ4n) is 4.23. The van der Waals surface area contributed by atoms with Gasteiger partial charge in [0.2, 0.25) is 5.95 Å².